The van der Waals surface area contributed by atoms with Crippen molar-refractivity contribution in [3.8, 4) is 0 Å². The number of aryl methyl sites for hydroxylation is 1. The third kappa shape index (κ3) is 3.59. The molecular formula is C19H28N2O2. The summed E-state index contributed by atoms with van der Waals surface area (Å²) in [6.45, 7) is 7.27. The molecule has 23 heavy (non-hydrogen) atoms. The van der Waals surface area contributed by atoms with Crippen molar-refractivity contribution >= 4 is 5.91 Å². The molecule has 1 atom stereocenters. The Labute approximate surface area is 139 Å². The normalized spacial score (nSPS) is 25.5. The molecule has 0 bridgehead atoms. The van der Waals surface area contributed by atoms with E-state index in [9.17, 15) is 4.79 Å². The number of benzene rings is 1. The molecule has 0 saturated carbocycles. The Bertz CT molecular complexity index is 560. The fourth-order valence-electron chi connectivity index (χ4n) is 4.11. The maximum Gasteiger partial charge on any atom is 0.230 e. The van der Waals surface area contributed by atoms with Crippen molar-refractivity contribution < 1.29 is 9.53 Å². The van der Waals surface area contributed by atoms with E-state index in [0.717, 1.165) is 52.0 Å². The van der Waals surface area contributed by atoms with Crippen LogP contribution in [0.4, 0.5) is 0 Å². The van der Waals surface area contributed by atoms with E-state index in [1.807, 2.05) is 4.90 Å². The zero-order valence-electron chi connectivity index (χ0n) is 14.4. The predicted molar refractivity (Wildman–Crippen MR) is 91.2 cm³/mol. The summed E-state index contributed by atoms with van der Waals surface area (Å²) in [5.41, 5.74) is 2.51. The number of rotatable bonds is 5. The number of piperidine rings is 1. The summed E-state index contributed by atoms with van der Waals surface area (Å²) >= 11 is 0. The van der Waals surface area contributed by atoms with E-state index in [4.69, 9.17) is 4.74 Å². The first-order chi connectivity index (χ1) is 11.1. The Morgan fingerprint density at radius 3 is 2.91 bits per heavy atom. The second kappa shape index (κ2) is 7.02. The minimum atomic E-state index is -0.143. The number of nitrogens with zero attached hydrogens (tertiary/aromatic N) is 2. The van der Waals surface area contributed by atoms with Gasteiger partial charge in [0.05, 0.1) is 12.0 Å². The van der Waals surface area contributed by atoms with Crippen molar-refractivity contribution in [3.63, 3.8) is 0 Å². The van der Waals surface area contributed by atoms with Crippen molar-refractivity contribution in [2.45, 2.75) is 32.7 Å². The second-order valence-corrected chi connectivity index (χ2v) is 7.12. The van der Waals surface area contributed by atoms with Gasteiger partial charge in [-0.3, -0.25) is 9.69 Å². The highest BCUT2D eigenvalue weighted by Crippen LogP contribution is 2.40. The summed E-state index contributed by atoms with van der Waals surface area (Å²) in [5.74, 6) is 0.354. The summed E-state index contributed by atoms with van der Waals surface area (Å²) in [6, 6.07) is 8.69. The lowest BCUT2D eigenvalue weighted by atomic mass is 9.78. The number of ether oxygens (including phenoxy) is 1. The smallest absolute Gasteiger partial charge is 0.230 e. The van der Waals surface area contributed by atoms with Crippen LogP contribution in [0, 0.1) is 12.3 Å². The maximum absolute atomic E-state index is 13.0. The van der Waals surface area contributed by atoms with Gasteiger partial charge in [-0.2, -0.15) is 0 Å². The Kier molecular flexibility index (Phi) is 5.02. The van der Waals surface area contributed by atoms with E-state index >= 15 is 0 Å². The Hall–Kier alpha value is -1.39. The van der Waals surface area contributed by atoms with Gasteiger partial charge in [0.2, 0.25) is 5.91 Å². The van der Waals surface area contributed by atoms with E-state index < -0.39 is 0 Å². The molecule has 4 nitrogen and oxygen atoms in total. The van der Waals surface area contributed by atoms with Crippen molar-refractivity contribution in [2.24, 2.45) is 5.41 Å². The van der Waals surface area contributed by atoms with Crippen molar-refractivity contribution in [3.05, 3.63) is 35.4 Å². The lowest BCUT2D eigenvalue weighted by Crippen LogP contribution is -2.50. The molecule has 1 spiro atoms. The lowest BCUT2D eigenvalue weighted by molar-refractivity contribution is -0.146. The minimum Gasteiger partial charge on any atom is -0.383 e. The molecule has 2 saturated heterocycles. The van der Waals surface area contributed by atoms with Crippen LogP contribution in [0.3, 0.4) is 0 Å². The highest BCUT2D eigenvalue weighted by molar-refractivity contribution is 5.84. The summed E-state index contributed by atoms with van der Waals surface area (Å²) in [5, 5.41) is 0. The van der Waals surface area contributed by atoms with Gasteiger partial charge in [0, 0.05) is 33.3 Å². The number of carbonyl (C=O) groups is 1. The molecule has 1 amide bonds. The van der Waals surface area contributed by atoms with E-state index in [2.05, 4.69) is 36.1 Å². The molecule has 2 aliphatic heterocycles. The standard InChI is InChI=1S/C19H28N2O2/c1-16-5-3-6-17(13-16)14-20-10-8-19(15-20)7-4-9-21(18(19)22)11-12-23-2/h3,5-6,13H,4,7-12,14-15H2,1-2H3/t19-/m1/s1. The topological polar surface area (TPSA) is 32.8 Å². The summed E-state index contributed by atoms with van der Waals surface area (Å²) in [4.78, 5) is 17.4. The molecule has 0 unspecified atom stereocenters. The van der Waals surface area contributed by atoms with Gasteiger partial charge < -0.3 is 9.64 Å². The van der Waals surface area contributed by atoms with Crippen LogP contribution in [0.25, 0.3) is 0 Å². The van der Waals surface area contributed by atoms with Gasteiger partial charge >= 0.3 is 0 Å². The second-order valence-electron chi connectivity index (χ2n) is 7.12. The van der Waals surface area contributed by atoms with Gasteiger partial charge in [0.15, 0.2) is 0 Å². The third-order valence-corrected chi connectivity index (χ3v) is 5.31. The van der Waals surface area contributed by atoms with Crippen LogP contribution in [0.5, 0.6) is 0 Å². The number of hydrogen-bond acceptors (Lipinski definition) is 3. The van der Waals surface area contributed by atoms with Crippen molar-refractivity contribution in [2.75, 3.05) is 39.9 Å². The molecule has 2 fully saturated rings. The SMILES string of the molecule is COCCN1CCC[C@]2(CCN(Cc3cccc(C)c3)C2)C1=O. The van der Waals surface area contributed by atoms with Crippen LogP contribution in [0.1, 0.15) is 30.4 Å². The highest BCUT2D eigenvalue weighted by atomic mass is 16.5. The van der Waals surface area contributed by atoms with E-state index in [-0.39, 0.29) is 5.41 Å². The van der Waals surface area contributed by atoms with Crippen LogP contribution >= 0.6 is 0 Å². The first-order valence-electron chi connectivity index (χ1n) is 8.69. The largest absolute Gasteiger partial charge is 0.383 e. The fourth-order valence-corrected chi connectivity index (χ4v) is 4.11. The number of carbonyl (C=O) groups excluding carboxylic acids is 1. The number of methoxy groups -OCH3 is 1. The first kappa shape index (κ1) is 16.5. The Balaban J connectivity index is 1.64. The molecular weight excluding hydrogens is 288 g/mol. The van der Waals surface area contributed by atoms with Crippen LogP contribution < -0.4 is 0 Å². The molecule has 0 aromatic heterocycles. The van der Waals surface area contributed by atoms with Gasteiger partial charge in [-0.25, -0.2) is 0 Å². The average molecular weight is 316 g/mol. The lowest BCUT2D eigenvalue weighted by Gasteiger charge is -2.39. The molecule has 126 valence electrons. The van der Waals surface area contributed by atoms with E-state index in [1.165, 1.54) is 11.1 Å². The molecule has 1 aromatic carbocycles. The van der Waals surface area contributed by atoms with Gasteiger partial charge in [0.25, 0.3) is 0 Å². The molecule has 0 N–H and O–H groups in total. The van der Waals surface area contributed by atoms with Crippen LogP contribution in [-0.4, -0.2) is 55.6 Å². The molecule has 3 rings (SSSR count). The van der Waals surface area contributed by atoms with Crippen LogP contribution in [0.2, 0.25) is 0 Å². The van der Waals surface area contributed by atoms with E-state index in [0.29, 0.717) is 12.5 Å². The van der Waals surface area contributed by atoms with Crippen LogP contribution in [-0.2, 0) is 16.1 Å². The first-order valence-corrected chi connectivity index (χ1v) is 8.69. The van der Waals surface area contributed by atoms with Crippen LogP contribution in [0.15, 0.2) is 24.3 Å². The summed E-state index contributed by atoms with van der Waals surface area (Å²) in [6.07, 6.45) is 3.16. The summed E-state index contributed by atoms with van der Waals surface area (Å²) in [7, 11) is 1.70. The number of likely N-dealkylation sites (tertiary alicyclic amines) is 2. The quantitative estimate of drug-likeness (QED) is 0.836. The zero-order chi connectivity index (χ0) is 16.3. The Morgan fingerprint density at radius 1 is 1.26 bits per heavy atom. The van der Waals surface area contributed by atoms with E-state index in [1.54, 1.807) is 7.11 Å². The molecule has 0 radical (unpaired) electrons. The molecule has 2 heterocycles. The van der Waals surface area contributed by atoms with Gasteiger partial charge in [-0.1, -0.05) is 29.8 Å². The fraction of sp³-hybridized carbons (Fsp3) is 0.632. The number of amides is 1. The molecule has 2 aliphatic rings. The molecule has 4 heteroatoms. The maximum atomic E-state index is 13.0. The van der Waals surface area contributed by atoms with Gasteiger partial charge in [-0.05, 0) is 38.3 Å². The molecule has 1 aromatic rings. The number of hydrogen-bond donors (Lipinski definition) is 0. The predicted octanol–water partition coefficient (Wildman–Crippen LogP) is 2.46. The zero-order valence-corrected chi connectivity index (χ0v) is 14.4. The van der Waals surface area contributed by atoms with Crippen molar-refractivity contribution in [1.29, 1.82) is 0 Å². The average Bonchev–Trinajstić information content (AvgIpc) is 2.93. The van der Waals surface area contributed by atoms with Crippen molar-refractivity contribution in [1.82, 2.24) is 9.80 Å². The monoisotopic (exact) mass is 316 g/mol. The highest BCUT2D eigenvalue weighted by Gasteiger charge is 2.47. The Morgan fingerprint density at radius 2 is 2.13 bits per heavy atom. The summed E-state index contributed by atoms with van der Waals surface area (Å²) < 4.78 is 5.15. The van der Waals surface area contributed by atoms with Gasteiger partial charge in [-0.15, -0.1) is 0 Å². The minimum absolute atomic E-state index is 0.143. The molecule has 0 aliphatic carbocycles. The van der Waals surface area contributed by atoms with Gasteiger partial charge in [0.1, 0.15) is 0 Å². The third-order valence-electron chi connectivity index (χ3n) is 5.31.